The summed E-state index contributed by atoms with van der Waals surface area (Å²) in [4.78, 5) is 0. The predicted octanol–water partition coefficient (Wildman–Crippen LogP) is 5.71. The lowest BCUT2D eigenvalue weighted by molar-refractivity contribution is 0.414. The third-order valence-corrected chi connectivity index (χ3v) is 4.62. The average molecular weight is 331 g/mol. The first kappa shape index (κ1) is 17.1. The van der Waals surface area contributed by atoms with Gasteiger partial charge < -0.3 is 9.47 Å². The topological polar surface area (TPSA) is 18.5 Å². The van der Waals surface area contributed by atoms with Crippen LogP contribution in [0.25, 0.3) is 22.3 Å². The molecule has 3 aromatic carbocycles. The van der Waals surface area contributed by atoms with E-state index in [9.17, 15) is 0 Å². The van der Waals surface area contributed by atoms with E-state index in [0.717, 1.165) is 23.5 Å². The van der Waals surface area contributed by atoms with E-state index >= 15 is 0 Å². The molecule has 3 rings (SSSR count). The van der Waals surface area contributed by atoms with Gasteiger partial charge in [0, 0.05) is 0 Å². The zero-order valence-corrected chi connectivity index (χ0v) is 15.2. The number of hydrogen-bond donors (Lipinski definition) is 0. The molecule has 127 valence electrons. The molecule has 3 aromatic rings. The Morgan fingerprint density at radius 1 is 0.800 bits per heavy atom. The first-order chi connectivity index (χ1) is 12.2. The molecule has 2 heteroatoms. The summed E-state index contributed by atoms with van der Waals surface area (Å²) in [7, 11) is 3.38. The van der Waals surface area contributed by atoms with E-state index < -0.39 is 0 Å². The summed E-state index contributed by atoms with van der Waals surface area (Å²) in [6.45, 7) is 4.35. The molecule has 0 fully saturated rings. The highest BCUT2D eigenvalue weighted by Crippen LogP contribution is 2.37. The molecular weight excluding hydrogens is 308 g/mol. The normalized spacial score (nSPS) is 10.6. The highest BCUT2D eigenvalue weighted by atomic mass is 16.5. The molecule has 0 aliphatic heterocycles. The Balaban J connectivity index is 2.18. The second-order valence-electron chi connectivity index (χ2n) is 5.99. The molecule has 0 N–H and O–H groups in total. The Kier molecular flexibility index (Phi) is 5.08. The Hall–Kier alpha value is -2.74. The van der Waals surface area contributed by atoms with Gasteiger partial charge in [0.1, 0.15) is 11.5 Å². The number of aryl methyl sites for hydroxylation is 1. The summed E-state index contributed by atoms with van der Waals surface area (Å²) in [6, 6.07) is 22.0. The lowest BCUT2D eigenvalue weighted by Gasteiger charge is -2.17. The molecule has 0 unspecified atom stereocenters. The molecule has 1 radical (unpaired) electrons. The second-order valence-corrected chi connectivity index (χ2v) is 5.99. The monoisotopic (exact) mass is 331 g/mol. The molecule has 0 saturated heterocycles. The fraction of sp³-hybridized carbons (Fsp3) is 0.217. The molecule has 0 saturated carbocycles. The highest BCUT2D eigenvalue weighted by Gasteiger charge is 2.13. The van der Waals surface area contributed by atoms with Gasteiger partial charge in [0.05, 0.1) is 14.2 Å². The number of ether oxygens (including phenoxy) is 2. The van der Waals surface area contributed by atoms with E-state index in [1.54, 1.807) is 14.2 Å². The average Bonchev–Trinajstić information content (AvgIpc) is 2.68. The quantitative estimate of drug-likeness (QED) is 0.596. The molecule has 0 aliphatic carbocycles. The van der Waals surface area contributed by atoms with Gasteiger partial charge in [-0.2, -0.15) is 0 Å². The largest absolute Gasteiger partial charge is 0.497 e. The summed E-state index contributed by atoms with van der Waals surface area (Å²) >= 11 is 0. The van der Waals surface area contributed by atoms with E-state index in [4.69, 9.17) is 9.47 Å². The third kappa shape index (κ3) is 3.39. The first-order valence-corrected chi connectivity index (χ1v) is 8.51. The zero-order chi connectivity index (χ0) is 17.8. The van der Waals surface area contributed by atoms with Crippen LogP contribution in [0.5, 0.6) is 11.5 Å². The molecule has 0 spiro atoms. The zero-order valence-electron chi connectivity index (χ0n) is 15.2. The van der Waals surface area contributed by atoms with Gasteiger partial charge in [-0.3, -0.25) is 0 Å². The number of benzene rings is 3. The predicted molar refractivity (Wildman–Crippen MR) is 103 cm³/mol. The highest BCUT2D eigenvalue weighted by molar-refractivity contribution is 5.86. The first-order valence-electron chi connectivity index (χ1n) is 8.51. The van der Waals surface area contributed by atoms with E-state index in [1.807, 2.05) is 24.3 Å². The minimum atomic E-state index is 0.862. The van der Waals surface area contributed by atoms with Crippen molar-refractivity contribution in [2.24, 2.45) is 0 Å². The molecule has 0 aromatic heterocycles. The fourth-order valence-corrected chi connectivity index (χ4v) is 3.19. The van der Waals surface area contributed by atoms with Crippen molar-refractivity contribution in [3.05, 3.63) is 71.8 Å². The number of methoxy groups -OCH3 is 2. The van der Waals surface area contributed by atoms with Crippen molar-refractivity contribution in [3.63, 3.8) is 0 Å². The summed E-state index contributed by atoms with van der Waals surface area (Å²) in [5.74, 6) is 1.73. The van der Waals surface area contributed by atoms with Crippen molar-refractivity contribution in [2.45, 2.75) is 20.3 Å². The molecule has 2 nitrogen and oxygen atoms in total. The molecule has 25 heavy (non-hydrogen) atoms. The summed E-state index contributed by atoms with van der Waals surface area (Å²) in [5.41, 5.74) is 7.32. The minimum absolute atomic E-state index is 0.862. The van der Waals surface area contributed by atoms with Gasteiger partial charge in [0.25, 0.3) is 0 Å². The third-order valence-electron chi connectivity index (χ3n) is 4.62. The van der Waals surface area contributed by atoms with Crippen LogP contribution in [0.3, 0.4) is 0 Å². The standard InChI is InChI=1S/C23H23O2/c1-5-17-10-15-22(18-6-11-20(24-3)12-7-18)23(16(17)2)19-8-13-21(25-4)14-9-19/h6-9,11-15H,5H2,1-4H3. The minimum Gasteiger partial charge on any atom is -0.497 e. The van der Waals surface area contributed by atoms with Crippen molar-refractivity contribution >= 4 is 0 Å². The number of hydrogen-bond acceptors (Lipinski definition) is 2. The second kappa shape index (κ2) is 7.43. The van der Waals surface area contributed by atoms with E-state index in [1.165, 1.54) is 27.8 Å². The van der Waals surface area contributed by atoms with E-state index in [-0.39, 0.29) is 0 Å². The maximum Gasteiger partial charge on any atom is 0.118 e. The van der Waals surface area contributed by atoms with Crippen molar-refractivity contribution in [1.29, 1.82) is 0 Å². The molecule has 0 aliphatic rings. The van der Waals surface area contributed by atoms with Crippen LogP contribution < -0.4 is 9.47 Å². The van der Waals surface area contributed by atoms with Crippen molar-refractivity contribution in [2.75, 3.05) is 14.2 Å². The Morgan fingerprint density at radius 2 is 1.32 bits per heavy atom. The van der Waals surface area contributed by atoms with Crippen LogP contribution in [0.4, 0.5) is 0 Å². The lowest BCUT2D eigenvalue weighted by Crippen LogP contribution is -1.95. The molecular formula is C23H23O2. The van der Waals surface area contributed by atoms with Gasteiger partial charge in [-0.1, -0.05) is 31.2 Å². The van der Waals surface area contributed by atoms with Crippen molar-refractivity contribution in [1.82, 2.24) is 0 Å². The molecule has 0 heterocycles. The molecule has 0 atom stereocenters. The van der Waals surface area contributed by atoms with Crippen LogP contribution in [0, 0.1) is 13.0 Å². The molecule has 0 amide bonds. The van der Waals surface area contributed by atoms with Gasteiger partial charge in [-0.15, -0.1) is 0 Å². The maximum absolute atomic E-state index is 5.30. The number of rotatable bonds is 5. The summed E-state index contributed by atoms with van der Waals surface area (Å²) < 4.78 is 10.6. The Labute approximate surface area is 150 Å². The van der Waals surface area contributed by atoms with Gasteiger partial charge >= 0.3 is 0 Å². The fourth-order valence-electron chi connectivity index (χ4n) is 3.19. The lowest BCUT2D eigenvalue weighted by atomic mass is 9.88. The van der Waals surface area contributed by atoms with Crippen molar-refractivity contribution in [3.8, 4) is 33.8 Å². The smallest absolute Gasteiger partial charge is 0.118 e. The maximum atomic E-state index is 5.30. The summed E-state index contributed by atoms with van der Waals surface area (Å²) in [5, 5.41) is 0. The van der Waals surface area contributed by atoms with E-state index in [0.29, 0.717) is 0 Å². The van der Waals surface area contributed by atoms with Crippen LogP contribution in [0.2, 0.25) is 0 Å². The molecule has 0 bridgehead atoms. The van der Waals surface area contributed by atoms with Crippen LogP contribution in [0.1, 0.15) is 18.1 Å². The van der Waals surface area contributed by atoms with Crippen molar-refractivity contribution < 1.29 is 9.47 Å². The van der Waals surface area contributed by atoms with Crippen LogP contribution >= 0.6 is 0 Å². The van der Waals surface area contributed by atoms with Gasteiger partial charge in [-0.25, -0.2) is 0 Å². The van der Waals surface area contributed by atoms with Gasteiger partial charge in [0.2, 0.25) is 0 Å². The van der Waals surface area contributed by atoms with Crippen LogP contribution in [0.15, 0.2) is 54.6 Å². The van der Waals surface area contributed by atoms with Crippen LogP contribution in [-0.4, -0.2) is 14.2 Å². The SMILES string of the molecule is CCc1[c]cc(-c2ccc(OC)cc2)c(-c2ccc(OC)cc2)c1C. The van der Waals surface area contributed by atoms with Gasteiger partial charge in [-0.05, 0) is 83.1 Å². The Bertz CT molecular complexity index is 847. The van der Waals surface area contributed by atoms with E-state index in [2.05, 4.69) is 50.2 Å². The van der Waals surface area contributed by atoms with Gasteiger partial charge in [0.15, 0.2) is 0 Å². The van der Waals surface area contributed by atoms with Crippen LogP contribution in [-0.2, 0) is 6.42 Å². The summed E-state index contributed by atoms with van der Waals surface area (Å²) in [6.07, 6.45) is 0.970. The Morgan fingerprint density at radius 3 is 1.80 bits per heavy atom.